The Balaban J connectivity index is 1.93. The lowest BCUT2D eigenvalue weighted by atomic mass is 10.1. The Kier molecular flexibility index (Phi) is 7.22. The van der Waals surface area contributed by atoms with Crippen molar-refractivity contribution in [2.75, 3.05) is 0 Å². The normalized spacial score (nSPS) is 11.8. The molecule has 4 rings (SSSR count). The Morgan fingerprint density at radius 1 is 0.688 bits per heavy atom. The van der Waals surface area contributed by atoms with Crippen LogP contribution in [0.2, 0.25) is 0 Å². The average molecular weight is 471 g/mol. The highest BCUT2D eigenvalue weighted by Crippen LogP contribution is 2.58. The maximum Gasteiger partial charge on any atom is 0.159 e. The van der Waals surface area contributed by atoms with Gasteiger partial charge in [0.25, 0.3) is 0 Å². The Morgan fingerprint density at radius 2 is 1.12 bits per heavy atom. The predicted molar refractivity (Wildman–Crippen MR) is 143 cm³/mol. The molecule has 32 heavy (non-hydrogen) atoms. The molecule has 0 radical (unpaired) electrons. The standard InChI is InChI=1S/C28H23OPS2/c1-22(29)23-17-19-24(20-18-23)28(21-32-27-15-9-4-10-16-27)30(31,25-11-5-2-6-12-25)26-13-7-3-8-14-26/h2-21H,1H3/b28-21+. The number of carbonyl (C=O) groups excluding carboxylic acids is 1. The van der Waals surface area contributed by atoms with Crippen LogP contribution in [0.3, 0.4) is 0 Å². The minimum Gasteiger partial charge on any atom is -0.295 e. The molecule has 0 bridgehead atoms. The van der Waals surface area contributed by atoms with Gasteiger partial charge in [-0.3, -0.25) is 4.79 Å². The van der Waals surface area contributed by atoms with E-state index in [0.717, 1.165) is 26.4 Å². The van der Waals surface area contributed by atoms with Crippen LogP contribution in [0.4, 0.5) is 0 Å². The first-order chi connectivity index (χ1) is 15.6. The molecule has 0 unspecified atom stereocenters. The minimum atomic E-state index is -2.34. The number of ketones is 1. The van der Waals surface area contributed by atoms with Crippen molar-refractivity contribution in [2.45, 2.75) is 11.8 Å². The number of thioether (sulfide) groups is 1. The van der Waals surface area contributed by atoms with Crippen molar-refractivity contribution in [1.29, 1.82) is 0 Å². The van der Waals surface area contributed by atoms with E-state index in [4.69, 9.17) is 11.8 Å². The molecule has 0 aromatic heterocycles. The van der Waals surface area contributed by atoms with Crippen molar-refractivity contribution in [3.63, 3.8) is 0 Å². The molecule has 0 atom stereocenters. The molecule has 0 aliphatic carbocycles. The van der Waals surface area contributed by atoms with Crippen molar-refractivity contribution in [2.24, 2.45) is 0 Å². The van der Waals surface area contributed by atoms with Crippen LogP contribution in [0.15, 0.2) is 126 Å². The summed E-state index contributed by atoms with van der Waals surface area (Å²) in [6.45, 7) is 1.59. The van der Waals surface area contributed by atoms with E-state index in [1.807, 2.05) is 54.6 Å². The van der Waals surface area contributed by atoms with Crippen LogP contribution in [0.5, 0.6) is 0 Å². The third-order valence-corrected chi connectivity index (χ3v) is 11.3. The van der Waals surface area contributed by atoms with E-state index in [-0.39, 0.29) is 5.78 Å². The van der Waals surface area contributed by atoms with Crippen LogP contribution < -0.4 is 10.6 Å². The third-order valence-electron chi connectivity index (χ3n) is 5.22. The number of carbonyl (C=O) groups is 1. The molecule has 4 aromatic carbocycles. The summed E-state index contributed by atoms with van der Waals surface area (Å²) in [6, 6.07) is 36.6. The molecule has 4 heteroatoms. The number of hydrogen-bond acceptors (Lipinski definition) is 3. The molecule has 4 aromatic rings. The molecule has 0 saturated carbocycles. The summed E-state index contributed by atoms with van der Waals surface area (Å²) in [5.74, 6) is 0.0614. The summed E-state index contributed by atoms with van der Waals surface area (Å²) in [5.41, 5.74) is 1.76. The maximum absolute atomic E-state index is 11.8. The second-order valence-corrected chi connectivity index (χ2v) is 12.7. The average Bonchev–Trinajstić information content (AvgIpc) is 2.86. The lowest BCUT2D eigenvalue weighted by molar-refractivity contribution is 0.101. The fourth-order valence-electron chi connectivity index (χ4n) is 3.53. The first-order valence-electron chi connectivity index (χ1n) is 10.3. The van der Waals surface area contributed by atoms with E-state index in [1.54, 1.807) is 18.7 Å². The van der Waals surface area contributed by atoms with E-state index in [1.165, 1.54) is 0 Å². The molecule has 0 heterocycles. The van der Waals surface area contributed by atoms with Gasteiger partial charge in [0.05, 0.1) is 0 Å². The van der Waals surface area contributed by atoms with Gasteiger partial charge in [0.1, 0.15) is 0 Å². The molecular weight excluding hydrogens is 447 g/mol. The van der Waals surface area contributed by atoms with Gasteiger partial charge in [0.15, 0.2) is 5.78 Å². The highest BCUT2D eigenvalue weighted by atomic mass is 32.4. The summed E-state index contributed by atoms with van der Waals surface area (Å²) >= 11 is 8.28. The van der Waals surface area contributed by atoms with Gasteiger partial charge in [0, 0.05) is 21.8 Å². The Labute approximate surface area is 199 Å². The summed E-state index contributed by atoms with van der Waals surface area (Å²) in [5, 5.41) is 5.63. The summed E-state index contributed by atoms with van der Waals surface area (Å²) in [6.07, 6.45) is 0. The van der Waals surface area contributed by atoms with Gasteiger partial charge in [-0.2, -0.15) is 0 Å². The van der Waals surface area contributed by atoms with Crippen LogP contribution in [0.25, 0.3) is 5.31 Å². The zero-order chi connectivity index (χ0) is 22.4. The lowest BCUT2D eigenvalue weighted by Crippen LogP contribution is -2.16. The molecule has 0 spiro atoms. The van der Waals surface area contributed by atoms with Crippen molar-refractivity contribution in [3.8, 4) is 0 Å². The minimum absolute atomic E-state index is 0.0614. The van der Waals surface area contributed by atoms with Gasteiger partial charge in [0.2, 0.25) is 0 Å². The number of benzene rings is 4. The van der Waals surface area contributed by atoms with Gasteiger partial charge >= 0.3 is 0 Å². The van der Waals surface area contributed by atoms with E-state index < -0.39 is 6.04 Å². The second-order valence-electron chi connectivity index (χ2n) is 7.35. The highest BCUT2D eigenvalue weighted by molar-refractivity contribution is 8.27. The second kappa shape index (κ2) is 10.3. The van der Waals surface area contributed by atoms with Gasteiger partial charge in [-0.05, 0) is 40.6 Å². The van der Waals surface area contributed by atoms with Gasteiger partial charge in [-0.1, -0.05) is 127 Å². The molecule has 0 aliphatic rings. The number of hydrogen-bond donors (Lipinski definition) is 0. The van der Waals surface area contributed by atoms with Gasteiger partial charge < -0.3 is 0 Å². The third kappa shape index (κ3) is 4.86. The SMILES string of the molecule is CC(=O)c1ccc(/C(=C\Sc2ccccc2)P(=S)(c2ccccc2)c2ccccc2)cc1. The molecule has 158 valence electrons. The summed E-state index contributed by atoms with van der Waals surface area (Å²) in [7, 11) is 0. The fourth-order valence-corrected chi connectivity index (χ4v) is 8.96. The van der Waals surface area contributed by atoms with Crippen LogP contribution in [0, 0.1) is 0 Å². The van der Waals surface area contributed by atoms with Crippen LogP contribution in [-0.4, -0.2) is 5.78 Å². The highest BCUT2D eigenvalue weighted by Gasteiger charge is 2.28. The van der Waals surface area contributed by atoms with Crippen molar-refractivity contribution in [3.05, 3.63) is 132 Å². The predicted octanol–water partition coefficient (Wildman–Crippen LogP) is 7.11. The van der Waals surface area contributed by atoms with Crippen LogP contribution >= 0.6 is 17.8 Å². The van der Waals surface area contributed by atoms with E-state index >= 15 is 0 Å². The zero-order valence-corrected chi connectivity index (χ0v) is 20.2. The van der Waals surface area contributed by atoms with Crippen molar-refractivity contribution >= 4 is 51.3 Å². The topological polar surface area (TPSA) is 17.1 Å². The Hall–Kier alpha value is -2.71. The van der Waals surface area contributed by atoms with Gasteiger partial charge in [-0.25, -0.2) is 0 Å². The smallest absolute Gasteiger partial charge is 0.159 e. The largest absolute Gasteiger partial charge is 0.295 e. The fraction of sp³-hybridized carbons (Fsp3) is 0.0357. The maximum atomic E-state index is 11.8. The first kappa shape index (κ1) is 22.5. The first-order valence-corrected chi connectivity index (χ1v) is 14.0. The summed E-state index contributed by atoms with van der Waals surface area (Å²) in [4.78, 5) is 13.0. The zero-order valence-electron chi connectivity index (χ0n) is 17.7. The van der Waals surface area contributed by atoms with Crippen molar-refractivity contribution in [1.82, 2.24) is 0 Å². The molecule has 1 nitrogen and oxygen atoms in total. The summed E-state index contributed by atoms with van der Waals surface area (Å²) < 4.78 is 0. The van der Waals surface area contributed by atoms with Gasteiger partial charge in [-0.15, -0.1) is 0 Å². The van der Waals surface area contributed by atoms with Crippen LogP contribution in [-0.2, 0) is 11.8 Å². The van der Waals surface area contributed by atoms with E-state index in [0.29, 0.717) is 5.56 Å². The number of Topliss-reactive ketones (excluding diaryl/α,β-unsaturated/α-hetero) is 1. The molecular formula is C28H23OPS2. The molecule has 0 saturated heterocycles. The van der Waals surface area contributed by atoms with Crippen LogP contribution in [0.1, 0.15) is 22.8 Å². The molecule has 0 N–H and O–H groups in total. The lowest BCUT2D eigenvalue weighted by Gasteiger charge is -2.27. The molecule has 0 amide bonds. The Bertz CT molecular complexity index is 1220. The van der Waals surface area contributed by atoms with E-state index in [2.05, 4.69) is 66.1 Å². The monoisotopic (exact) mass is 470 g/mol. The molecule has 0 aliphatic heterocycles. The van der Waals surface area contributed by atoms with Crippen molar-refractivity contribution < 1.29 is 4.79 Å². The quantitative estimate of drug-likeness (QED) is 0.163. The Morgan fingerprint density at radius 3 is 1.59 bits per heavy atom. The molecule has 0 fully saturated rings. The number of rotatable bonds is 7. The van der Waals surface area contributed by atoms with E-state index in [9.17, 15) is 4.79 Å².